The fraction of sp³-hybridized carbons (Fsp3) is 0.286. The van der Waals surface area contributed by atoms with Crippen LogP contribution in [-0.4, -0.2) is 23.5 Å². The number of aliphatic carboxylic acids is 1. The number of carbonyl (C=O) groups is 2. The molecule has 2 N–H and O–H groups in total. The Bertz CT molecular complexity index is 529. The fourth-order valence-corrected chi connectivity index (χ4v) is 1.78. The molecule has 0 aliphatic carbocycles. The highest BCUT2D eigenvalue weighted by atomic mass is 35.5. The number of rotatable bonds is 6. The highest BCUT2D eigenvalue weighted by Crippen LogP contribution is 2.23. The molecule has 1 unspecified atom stereocenters. The second-order valence-corrected chi connectivity index (χ2v) is 5.01. The van der Waals surface area contributed by atoms with E-state index in [-0.39, 0.29) is 12.5 Å². The topological polar surface area (TPSA) is 66.4 Å². The van der Waals surface area contributed by atoms with Gasteiger partial charge in [0, 0.05) is 12.6 Å². The Morgan fingerprint density at radius 3 is 2.60 bits per heavy atom. The van der Waals surface area contributed by atoms with Gasteiger partial charge in [-0.1, -0.05) is 36.2 Å². The summed E-state index contributed by atoms with van der Waals surface area (Å²) in [6, 6.07) is 5.00. The average Bonchev–Trinajstić information content (AvgIpc) is 2.40. The highest BCUT2D eigenvalue weighted by molar-refractivity contribution is 6.42. The molecule has 1 amide bonds. The van der Waals surface area contributed by atoms with E-state index < -0.39 is 11.9 Å². The maximum Gasteiger partial charge on any atom is 0.308 e. The van der Waals surface area contributed by atoms with Crippen molar-refractivity contribution in [2.45, 2.75) is 13.3 Å². The first-order chi connectivity index (χ1) is 9.43. The number of amides is 1. The van der Waals surface area contributed by atoms with E-state index in [1.54, 1.807) is 31.2 Å². The third-order valence-electron chi connectivity index (χ3n) is 2.74. The molecule has 6 heteroatoms. The smallest absolute Gasteiger partial charge is 0.308 e. The number of benzene rings is 1. The first-order valence-corrected chi connectivity index (χ1v) is 6.83. The van der Waals surface area contributed by atoms with Crippen molar-refractivity contribution in [3.05, 3.63) is 39.9 Å². The molecule has 20 heavy (non-hydrogen) atoms. The van der Waals surface area contributed by atoms with Crippen molar-refractivity contribution in [1.29, 1.82) is 0 Å². The van der Waals surface area contributed by atoms with Crippen molar-refractivity contribution < 1.29 is 14.7 Å². The molecule has 0 saturated carbocycles. The van der Waals surface area contributed by atoms with Crippen LogP contribution < -0.4 is 5.32 Å². The monoisotopic (exact) mass is 315 g/mol. The minimum absolute atomic E-state index is 0.108. The molecule has 0 aromatic heterocycles. The van der Waals surface area contributed by atoms with Crippen molar-refractivity contribution in [1.82, 2.24) is 5.32 Å². The van der Waals surface area contributed by atoms with Crippen LogP contribution in [0, 0.1) is 5.92 Å². The molecule has 1 rings (SSSR count). The van der Waals surface area contributed by atoms with Gasteiger partial charge in [0.25, 0.3) is 0 Å². The van der Waals surface area contributed by atoms with Gasteiger partial charge in [-0.2, -0.15) is 0 Å². The molecule has 4 nitrogen and oxygen atoms in total. The molecule has 1 aromatic rings. The van der Waals surface area contributed by atoms with Crippen LogP contribution in [0.25, 0.3) is 6.08 Å². The Hall–Kier alpha value is -1.52. The molecule has 0 heterocycles. The predicted molar refractivity (Wildman–Crippen MR) is 79.9 cm³/mol. The van der Waals surface area contributed by atoms with Gasteiger partial charge in [-0.05, 0) is 30.2 Å². The summed E-state index contributed by atoms with van der Waals surface area (Å²) in [5.74, 6) is -1.84. The Balaban J connectivity index is 2.55. The predicted octanol–water partition coefficient (Wildman–Crippen LogP) is 3.23. The lowest BCUT2D eigenvalue weighted by molar-refractivity contribution is -0.141. The molecule has 0 bridgehead atoms. The summed E-state index contributed by atoms with van der Waals surface area (Å²) in [6.45, 7) is 1.87. The molecule has 0 spiro atoms. The van der Waals surface area contributed by atoms with E-state index in [1.165, 1.54) is 6.08 Å². The van der Waals surface area contributed by atoms with Crippen molar-refractivity contribution in [3.63, 3.8) is 0 Å². The lowest BCUT2D eigenvalue weighted by atomic mass is 10.1. The third kappa shape index (κ3) is 5.23. The van der Waals surface area contributed by atoms with Crippen LogP contribution in [0.5, 0.6) is 0 Å². The van der Waals surface area contributed by atoms with Gasteiger partial charge in [-0.25, -0.2) is 0 Å². The zero-order valence-electron chi connectivity index (χ0n) is 10.9. The Morgan fingerprint density at radius 2 is 2.05 bits per heavy atom. The standard InChI is InChI=1S/C14H15Cl2NO3/c1-2-10(14(19)20)8-17-13(18)6-4-9-3-5-11(15)12(16)7-9/h3-7,10H,2,8H2,1H3,(H,17,18)(H,19,20). The minimum atomic E-state index is -0.915. The summed E-state index contributed by atoms with van der Waals surface area (Å²) in [5, 5.41) is 12.3. The molecule has 0 radical (unpaired) electrons. The summed E-state index contributed by atoms with van der Waals surface area (Å²) >= 11 is 11.6. The lowest BCUT2D eigenvalue weighted by Gasteiger charge is -2.09. The van der Waals surface area contributed by atoms with Crippen LogP contribution in [0.2, 0.25) is 10.0 Å². The summed E-state index contributed by atoms with van der Waals surface area (Å²) in [7, 11) is 0. The molecule has 0 aliphatic heterocycles. The van der Waals surface area contributed by atoms with E-state index in [1.807, 2.05) is 0 Å². The van der Waals surface area contributed by atoms with Gasteiger partial charge < -0.3 is 10.4 Å². The van der Waals surface area contributed by atoms with Crippen LogP contribution in [0.15, 0.2) is 24.3 Å². The van der Waals surface area contributed by atoms with E-state index in [0.717, 1.165) is 5.56 Å². The first-order valence-electron chi connectivity index (χ1n) is 6.07. The summed E-state index contributed by atoms with van der Waals surface area (Å²) in [6.07, 6.45) is 3.37. The van der Waals surface area contributed by atoms with Crippen molar-refractivity contribution >= 4 is 41.2 Å². The van der Waals surface area contributed by atoms with E-state index in [0.29, 0.717) is 16.5 Å². The van der Waals surface area contributed by atoms with Gasteiger partial charge in [-0.3, -0.25) is 9.59 Å². The fourth-order valence-electron chi connectivity index (χ4n) is 1.48. The third-order valence-corrected chi connectivity index (χ3v) is 3.47. The zero-order chi connectivity index (χ0) is 15.1. The summed E-state index contributed by atoms with van der Waals surface area (Å²) in [4.78, 5) is 22.4. The van der Waals surface area contributed by atoms with Gasteiger partial charge in [-0.15, -0.1) is 0 Å². The normalized spacial score (nSPS) is 12.3. The second-order valence-electron chi connectivity index (χ2n) is 4.20. The highest BCUT2D eigenvalue weighted by Gasteiger charge is 2.14. The van der Waals surface area contributed by atoms with E-state index in [9.17, 15) is 9.59 Å². The Morgan fingerprint density at radius 1 is 1.35 bits per heavy atom. The minimum Gasteiger partial charge on any atom is -0.481 e. The number of hydrogen-bond acceptors (Lipinski definition) is 2. The molecule has 0 fully saturated rings. The van der Waals surface area contributed by atoms with Crippen LogP contribution >= 0.6 is 23.2 Å². The number of hydrogen-bond donors (Lipinski definition) is 2. The molecule has 1 atom stereocenters. The Labute approximate surface area is 127 Å². The van der Waals surface area contributed by atoms with Crippen molar-refractivity contribution in [2.75, 3.05) is 6.54 Å². The van der Waals surface area contributed by atoms with Gasteiger partial charge in [0.1, 0.15) is 0 Å². The van der Waals surface area contributed by atoms with E-state index in [2.05, 4.69) is 5.32 Å². The van der Waals surface area contributed by atoms with Gasteiger partial charge in [0.2, 0.25) is 5.91 Å². The van der Waals surface area contributed by atoms with Crippen molar-refractivity contribution in [2.24, 2.45) is 5.92 Å². The van der Waals surface area contributed by atoms with Gasteiger partial charge >= 0.3 is 5.97 Å². The first kappa shape index (κ1) is 16.5. The summed E-state index contributed by atoms with van der Waals surface area (Å²) < 4.78 is 0. The molecular weight excluding hydrogens is 301 g/mol. The Kier molecular flexibility index (Phi) is 6.55. The maximum absolute atomic E-state index is 11.6. The number of carboxylic acids is 1. The molecular formula is C14H15Cl2NO3. The molecule has 0 saturated heterocycles. The number of nitrogens with one attached hydrogen (secondary N) is 1. The van der Waals surface area contributed by atoms with Crippen LogP contribution in [0.3, 0.4) is 0 Å². The van der Waals surface area contributed by atoms with Crippen LogP contribution in [0.4, 0.5) is 0 Å². The average molecular weight is 316 g/mol. The number of halogens is 2. The molecule has 108 valence electrons. The number of carbonyl (C=O) groups excluding carboxylic acids is 1. The largest absolute Gasteiger partial charge is 0.481 e. The van der Waals surface area contributed by atoms with E-state index in [4.69, 9.17) is 28.3 Å². The van der Waals surface area contributed by atoms with Crippen LogP contribution in [0.1, 0.15) is 18.9 Å². The maximum atomic E-state index is 11.6. The second kappa shape index (κ2) is 7.92. The SMILES string of the molecule is CCC(CNC(=O)C=Cc1ccc(Cl)c(Cl)c1)C(=O)O. The summed E-state index contributed by atoms with van der Waals surface area (Å²) in [5.41, 5.74) is 0.736. The molecule has 1 aromatic carbocycles. The lowest BCUT2D eigenvalue weighted by Crippen LogP contribution is -2.31. The van der Waals surface area contributed by atoms with E-state index >= 15 is 0 Å². The quantitative estimate of drug-likeness (QED) is 0.792. The molecule has 0 aliphatic rings. The van der Waals surface area contributed by atoms with Crippen LogP contribution in [-0.2, 0) is 9.59 Å². The van der Waals surface area contributed by atoms with Gasteiger partial charge in [0.15, 0.2) is 0 Å². The zero-order valence-corrected chi connectivity index (χ0v) is 12.4. The van der Waals surface area contributed by atoms with Crippen molar-refractivity contribution in [3.8, 4) is 0 Å². The number of carboxylic acid groups (broad SMARTS) is 1. The van der Waals surface area contributed by atoms with Gasteiger partial charge in [0.05, 0.1) is 16.0 Å².